The molecule has 0 spiro atoms. The summed E-state index contributed by atoms with van der Waals surface area (Å²) in [5, 5.41) is 0. The van der Waals surface area contributed by atoms with Crippen molar-refractivity contribution >= 4 is 30.3 Å². The Morgan fingerprint density at radius 2 is 1.92 bits per heavy atom. The normalized spacial score (nSPS) is 10.8. The number of thiol groups is 1. The zero-order valence-corrected chi connectivity index (χ0v) is 8.35. The Kier molecular flexibility index (Phi) is 4.26. The van der Waals surface area contributed by atoms with Crippen LogP contribution in [0.5, 0.6) is 0 Å². The van der Waals surface area contributed by atoms with Crippen molar-refractivity contribution in [3.05, 3.63) is 35.9 Å². The standard InChI is InChI=1S/C10H11ClS/c11-8-2-1-3-9-4-6-10(12)7-5-9/h1,3-7,12H,2,8H2. The molecule has 0 unspecified atom stereocenters. The summed E-state index contributed by atoms with van der Waals surface area (Å²) in [4.78, 5) is 0.990. The molecule has 0 aliphatic heterocycles. The summed E-state index contributed by atoms with van der Waals surface area (Å²) >= 11 is 9.73. The van der Waals surface area contributed by atoms with Gasteiger partial charge in [-0.3, -0.25) is 0 Å². The fourth-order valence-electron chi connectivity index (χ4n) is 0.868. The Bertz CT molecular complexity index is 251. The van der Waals surface area contributed by atoms with E-state index in [0.717, 1.165) is 11.3 Å². The Hall–Kier alpha value is -0.400. The number of halogens is 1. The molecule has 0 amide bonds. The summed E-state index contributed by atoms with van der Waals surface area (Å²) in [5.74, 6) is 0.682. The van der Waals surface area contributed by atoms with Crippen LogP contribution in [0.15, 0.2) is 35.2 Å². The number of benzene rings is 1. The van der Waals surface area contributed by atoms with Crippen LogP contribution in [-0.4, -0.2) is 5.88 Å². The maximum Gasteiger partial charge on any atom is 0.0258 e. The van der Waals surface area contributed by atoms with Crippen molar-refractivity contribution in [3.8, 4) is 0 Å². The Morgan fingerprint density at radius 3 is 2.50 bits per heavy atom. The minimum Gasteiger partial charge on any atom is -0.143 e. The second-order valence-corrected chi connectivity index (χ2v) is 3.37. The largest absolute Gasteiger partial charge is 0.143 e. The monoisotopic (exact) mass is 198 g/mol. The van der Waals surface area contributed by atoms with E-state index in [2.05, 4.69) is 24.8 Å². The molecule has 64 valence electrons. The third kappa shape index (κ3) is 3.33. The lowest BCUT2D eigenvalue weighted by atomic mass is 10.2. The number of allylic oxidation sites excluding steroid dienone is 1. The molecule has 0 aliphatic carbocycles. The van der Waals surface area contributed by atoms with Crippen molar-refractivity contribution < 1.29 is 0 Å². The van der Waals surface area contributed by atoms with Crippen LogP contribution in [0, 0.1) is 0 Å². The van der Waals surface area contributed by atoms with Crippen molar-refractivity contribution in [2.45, 2.75) is 11.3 Å². The number of hydrogen-bond donors (Lipinski definition) is 1. The van der Waals surface area contributed by atoms with Crippen LogP contribution in [-0.2, 0) is 0 Å². The highest BCUT2D eigenvalue weighted by Gasteiger charge is 1.85. The summed E-state index contributed by atoms with van der Waals surface area (Å²) in [6.07, 6.45) is 5.06. The van der Waals surface area contributed by atoms with Gasteiger partial charge in [-0.2, -0.15) is 0 Å². The van der Waals surface area contributed by atoms with Gasteiger partial charge in [-0.15, -0.1) is 24.2 Å². The van der Waals surface area contributed by atoms with Crippen LogP contribution in [0.25, 0.3) is 6.08 Å². The first kappa shape index (κ1) is 9.69. The lowest BCUT2D eigenvalue weighted by molar-refractivity contribution is 1.24. The molecule has 1 rings (SSSR count). The minimum absolute atomic E-state index is 0.682. The molecule has 2 heteroatoms. The van der Waals surface area contributed by atoms with E-state index in [1.54, 1.807) is 0 Å². The van der Waals surface area contributed by atoms with Crippen molar-refractivity contribution in [1.82, 2.24) is 0 Å². The summed E-state index contributed by atoms with van der Waals surface area (Å²) < 4.78 is 0. The third-order valence-electron chi connectivity index (χ3n) is 1.48. The summed E-state index contributed by atoms with van der Waals surface area (Å²) in [5.41, 5.74) is 1.19. The molecule has 0 bridgehead atoms. The van der Waals surface area contributed by atoms with Crippen molar-refractivity contribution in [2.24, 2.45) is 0 Å². The summed E-state index contributed by atoms with van der Waals surface area (Å²) in [7, 11) is 0. The molecule has 0 aromatic heterocycles. The zero-order chi connectivity index (χ0) is 8.81. The van der Waals surface area contributed by atoms with Gasteiger partial charge in [0.2, 0.25) is 0 Å². The molecule has 1 aromatic carbocycles. The Morgan fingerprint density at radius 1 is 1.25 bits per heavy atom. The van der Waals surface area contributed by atoms with Crippen molar-refractivity contribution in [2.75, 3.05) is 5.88 Å². The first-order valence-electron chi connectivity index (χ1n) is 3.84. The first-order chi connectivity index (χ1) is 5.83. The van der Waals surface area contributed by atoms with Crippen molar-refractivity contribution in [1.29, 1.82) is 0 Å². The fraction of sp³-hybridized carbons (Fsp3) is 0.200. The van der Waals surface area contributed by atoms with Gasteiger partial charge in [0.05, 0.1) is 0 Å². The smallest absolute Gasteiger partial charge is 0.0258 e. The summed E-state index contributed by atoms with van der Waals surface area (Å²) in [6.45, 7) is 0. The fourth-order valence-corrected chi connectivity index (χ4v) is 1.14. The van der Waals surface area contributed by atoms with E-state index in [9.17, 15) is 0 Å². The molecule has 0 atom stereocenters. The molecule has 0 N–H and O–H groups in total. The van der Waals surface area contributed by atoms with E-state index in [1.165, 1.54) is 5.56 Å². The molecular formula is C10H11ClS. The zero-order valence-electron chi connectivity index (χ0n) is 6.70. The maximum atomic E-state index is 5.53. The predicted octanol–water partition coefficient (Wildman–Crippen LogP) is 3.62. The molecule has 0 saturated heterocycles. The van der Waals surface area contributed by atoms with Gasteiger partial charge in [-0.05, 0) is 24.1 Å². The molecule has 0 fully saturated rings. The van der Waals surface area contributed by atoms with Crippen molar-refractivity contribution in [3.63, 3.8) is 0 Å². The second-order valence-electron chi connectivity index (χ2n) is 2.47. The number of alkyl halides is 1. The van der Waals surface area contributed by atoms with Gasteiger partial charge in [0.15, 0.2) is 0 Å². The quantitative estimate of drug-likeness (QED) is 0.557. The average molecular weight is 199 g/mol. The molecule has 12 heavy (non-hydrogen) atoms. The van der Waals surface area contributed by atoms with Crippen LogP contribution < -0.4 is 0 Å². The molecular weight excluding hydrogens is 188 g/mol. The van der Waals surface area contributed by atoms with E-state index < -0.39 is 0 Å². The number of rotatable bonds is 3. The molecule has 0 aliphatic rings. The number of hydrogen-bond acceptors (Lipinski definition) is 1. The van der Waals surface area contributed by atoms with E-state index in [4.69, 9.17) is 11.6 Å². The molecule has 0 nitrogen and oxygen atoms in total. The highest BCUT2D eigenvalue weighted by atomic mass is 35.5. The van der Waals surface area contributed by atoms with E-state index >= 15 is 0 Å². The van der Waals surface area contributed by atoms with Crippen LogP contribution in [0.1, 0.15) is 12.0 Å². The third-order valence-corrected chi connectivity index (χ3v) is 2.00. The molecule has 0 heterocycles. The minimum atomic E-state index is 0.682. The first-order valence-corrected chi connectivity index (χ1v) is 4.82. The highest BCUT2D eigenvalue weighted by molar-refractivity contribution is 7.80. The molecule has 1 aromatic rings. The SMILES string of the molecule is Sc1ccc(C=CCCCl)cc1. The van der Waals surface area contributed by atoms with Crippen LogP contribution in [0.3, 0.4) is 0 Å². The summed E-state index contributed by atoms with van der Waals surface area (Å²) in [6, 6.07) is 8.02. The maximum absolute atomic E-state index is 5.53. The van der Waals surface area contributed by atoms with Gasteiger partial charge in [-0.1, -0.05) is 24.3 Å². The van der Waals surface area contributed by atoms with Gasteiger partial charge in [-0.25, -0.2) is 0 Å². The average Bonchev–Trinajstić information content (AvgIpc) is 2.09. The predicted molar refractivity (Wildman–Crippen MR) is 58.1 cm³/mol. The van der Waals surface area contributed by atoms with Gasteiger partial charge < -0.3 is 0 Å². The van der Waals surface area contributed by atoms with E-state index in [0.29, 0.717) is 5.88 Å². The Balaban J connectivity index is 2.58. The lowest BCUT2D eigenvalue weighted by Crippen LogP contribution is -1.71. The van der Waals surface area contributed by atoms with Gasteiger partial charge >= 0.3 is 0 Å². The second kappa shape index (κ2) is 5.28. The highest BCUT2D eigenvalue weighted by Crippen LogP contribution is 2.09. The molecule has 0 radical (unpaired) electrons. The van der Waals surface area contributed by atoms with Crippen LogP contribution in [0.2, 0.25) is 0 Å². The van der Waals surface area contributed by atoms with E-state index in [1.807, 2.05) is 24.3 Å². The Labute approximate surface area is 83.7 Å². The van der Waals surface area contributed by atoms with Gasteiger partial charge in [0.25, 0.3) is 0 Å². The molecule has 0 saturated carbocycles. The van der Waals surface area contributed by atoms with Gasteiger partial charge in [0.1, 0.15) is 0 Å². The van der Waals surface area contributed by atoms with Gasteiger partial charge in [0, 0.05) is 10.8 Å². The van der Waals surface area contributed by atoms with Crippen LogP contribution >= 0.6 is 24.2 Å². The van der Waals surface area contributed by atoms with Crippen LogP contribution in [0.4, 0.5) is 0 Å². The van der Waals surface area contributed by atoms with E-state index in [-0.39, 0.29) is 0 Å². The lowest BCUT2D eigenvalue weighted by Gasteiger charge is -1.93. The topological polar surface area (TPSA) is 0 Å².